The van der Waals surface area contributed by atoms with Crippen molar-refractivity contribution < 1.29 is 19.4 Å². The monoisotopic (exact) mass is 265 g/mol. The molecule has 0 fully saturated rings. The van der Waals surface area contributed by atoms with Crippen LogP contribution in [0.25, 0.3) is 0 Å². The molecule has 0 aliphatic carbocycles. The highest BCUT2D eigenvalue weighted by atomic mass is 16.6. The number of fused-ring (bicyclic) bond motifs is 1. The van der Waals surface area contributed by atoms with Gasteiger partial charge in [-0.3, -0.25) is 4.79 Å². The summed E-state index contributed by atoms with van der Waals surface area (Å²) in [4.78, 5) is 11.3. The zero-order valence-electron chi connectivity index (χ0n) is 11.2. The predicted octanol–water partition coefficient (Wildman–Crippen LogP) is 1.83. The number of hydrogen-bond donors (Lipinski definition) is 2. The largest absolute Gasteiger partial charge is 0.486 e. The molecule has 0 spiro atoms. The standard InChI is InChI=1S/C14H19NO4/c1-3-10(14(16)17)13(15-2)9-4-5-11-12(8-9)19-7-6-18-11/h4-5,8,10,13,15H,3,6-7H2,1-2H3,(H,16,17). The van der Waals surface area contributed by atoms with E-state index in [1.807, 2.05) is 25.1 Å². The smallest absolute Gasteiger partial charge is 0.308 e. The second-order valence-electron chi connectivity index (χ2n) is 4.52. The van der Waals surface area contributed by atoms with Crippen LogP contribution in [-0.4, -0.2) is 31.3 Å². The Kier molecular flexibility index (Phi) is 4.27. The Morgan fingerprint density at radius 1 is 1.37 bits per heavy atom. The van der Waals surface area contributed by atoms with Gasteiger partial charge < -0.3 is 19.9 Å². The van der Waals surface area contributed by atoms with Gasteiger partial charge in [0.25, 0.3) is 0 Å². The van der Waals surface area contributed by atoms with Gasteiger partial charge in [-0.2, -0.15) is 0 Å². The summed E-state index contributed by atoms with van der Waals surface area (Å²) in [6.07, 6.45) is 0.565. The number of nitrogens with one attached hydrogen (secondary N) is 1. The number of carboxylic acids is 1. The highest BCUT2D eigenvalue weighted by Gasteiger charge is 2.27. The van der Waals surface area contributed by atoms with Crippen LogP contribution in [-0.2, 0) is 4.79 Å². The van der Waals surface area contributed by atoms with Crippen LogP contribution in [0.2, 0.25) is 0 Å². The predicted molar refractivity (Wildman–Crippen MR) is 70.6 cm³/mol. The van der Waals surface area contributed by atoms with E-state index in [9.17, 15) is 9.90 Å². The van der Waals surface area contributed by atoms with Gasteiger partial charge in [-0.05, 0) is 31.2 Å². The maximum absolute atomic E-state index is 11.3. The summed E-state index contributed by atoms with van der Waals surface area (Å²) < 4.78 is 11.0. The highest BCUT2D eigenvalue weighted by molar-refractivity contribution is 5.71. The van der Waals surface area contributed by atoms with Crippen molar-refractivity contribution in [2.24, 2.45) is 5.92 Å². The number of benzene rings is 1. The summed E-state index contributed by atoms with van der Waals surface area (Å²) in [6.45, 7) is 2.95. The first-order valence-electron chi connectivity index (χ1n) is 6.47. The third-order valence-corrected chi connectivity index (χ3v) is 3.40. The van der Waals surface area contributed by atoms with Crippen molar-refractivity contribution in [3.05, 3.63) is 23.8 Å². The quantitative estimate of drug-likeness (QED) is 0.850. The van der Waals surface area contributed by atoms with Crippen LogP contribution >= 0.6 is 0 Å². The Balaban J connectivity index is 2.30. The van der Waals surface area contributed by atoms with Crippen LogP contribution < -0.4 is 14.8 Å². The molecular formula is C14H19NO4. The summed E-state index contributed by atoms with van der Waals surface area (Å²) in [6, 6.07) is 5.35. The second-order valence-corrected chi connectivity index (χ2v) is 4.52. The van der Waals surface area contributed by atoms with Crippen LogP contribution in [0.5, 0.6) is 11.5 Å². The molecule has 2 unspecified atom stereocenters. The molecule has 0 bridgehead atoms. The lowest BCUT2D eigenvalue weighted by atomic mass is 9.91. The molecule has 19 heavy (non-hydrogen) atoms. The van der Waals surface area contributed by atoms with E-state index in [2.05, 4.69) is 5.32 Å². The summed E-state index contributed by atoms with van der Waals surface area (Å²) in [5, 5.41) is 12.4. The van der Waals surface area contributed by atoms with Crippen molar-refractivity contribution in [2.45, 2.75) is 19.4 Å². The maximum Gasteiger partial charge on any atom is 0.308 e. The van der Waals surface area contributed by atoms with Gasteiger partial charge in [-0.15, -0.1) is 0 Å². The first-order chi connectivity index (χ1) is 9.17. The Hall–Kier alpha value is -1.75. The zero-order chi connectivity index (χ0) is 13.8. The van der Waals surface area contributed by atoms with Gasteiger partial charge in [0.15, 0.2) is 11.5 Å². The maximum atomic E-state index is 11.3. The fraction of sp³-hybridized carbons (Fsp3) is 0.500. The Labute approximate surface area is 112 Å². The lowest BCUT2D eigenvalue weighted by molar-refractivity contribution is -0.143. The van der Waals surface area contributed by atoms with Gasteiger partial charge in [0.05, 0.1) is 5.92 Å². The van der Waals surface area contributed by atoms with Crippen molar-refractivity contribution in [3.8, 4) is 11.5 Å². The van der Waals surface area contributed by atoms with Crippen LogP contribution in [0, 0.1) is 5.92 Å². The first kappa shape index (κ1) is 13.7. The third kappa shape index (κ3) is 2.81. The fourth-order valence-corrected chi connectivity index (χ4v) is 2.41. The van der Waals surface area contributed by atoms with E-state index >= 15 is 0 Å². The number of carbonyl (C=O) groups is 1. The zero-order valence-corrected chi connectivity index (χ0v) is 11.2. The van der Waals surface area contributed by atoms with Gasteiger partial charge in [-0.1, -0.05) is 13.0 Å². The topological polar surface area (TPSA) is 67.8 Å². The van der Waals surface area contributed by atoms with Crippen LogP contribution in [0.4, 0.5) is 0 Å². The molecule has 2 rings (SSSR count). The van der Waals surface area contributed by atoms with E-state index in [1.54, 1.807) is 7.05 Å². The van der Waals surface area contributed by atoms with Crippen molar-refractivity contribution in [2.75, 3.05) is 20.3 Å². The van der Waals surface area contributed by atoms with Crippen LogP contribution in [0.15, 0.2) is 18.2 Å². The van der Waals surface area contributed by atoms with E-state index < -0.39 is 11.9 Å². The van der Waals surface area contributed by atoms with Gasteiger partial charge >= 0.3 is 5.97 Å². The molecule has 104 valence electrons. The van der Waals surface area contributed by atoms with Gasteiger partial charge in [0.2, 0.25) is 0 Å². The van der Waals surface area contributed by atoms with Crippen molar-refractivity contribution in [3.63, 3.8) is 0 Å². The minimum Gasteiger partial charge on any atom is -0.486 e. The lowest BCUT2D eigenvalue weighted by Crippen LogP contribution is -2.30. The molecule has 0 aromatic heterocycles. The van der Waals surface area contributed by atoms with Crippen molar-refractivity contribution in [1.29, 1.82) is 0 Å². The summed E-state index contributed by atoms with van der Waals surface area (Å²) in [7, 11) is 1.77. The fourth-order valence-electron chi connectivity index (χ4n) is 2.41. The van der Waals surface area contributed by atoms with Crippen molar-refractivity contribution in [1.82, 2.24) is 5.32 Å². The number of ether oxygens (including phenoxy) is 2. The molecule has 1 aliphatic heterocycles. The molecule has 1 heterocycles. The second kappa shape index (κ2) is 5.93. The molecule has 0 amide bonds. The van der Waals surface area contributed by atoms with Crippen LogP contribution in [0.1, 0.15) is 24.9 Å². The van der Waals surface area contributed by atoms with Gasteiger partial charge in [0.1, 0.15) is 13.2 Å². The molecule has 0 saturated heterocycles. The number of carboxylic acid groups (broad SMARTS) is 1. The molecule has 1 aliphatic rings. The normalized spacial score (nSPS) is 16.7. The highest BCUT2D eigenvalue weighted by Crippen LogP contribution is 2.35. The SMILES string of the molecule is CCC(C(=O)O)C(NC)c1ccc2c(c1)OCCO2. The minimum absolute atomic E-state index is 0.238. The Morgan fingerprint density at radius 3 is 2.63 bits per heavy atom. The van der Waals surface area contributed by atoms with Gasteiger partial charge in [0, 0.05) is 6.04 Å². The number of rotatable bonds is 5. The summed E-state index contributed by atoms with van der Waals surface area (Å²) >= 11 is 0. The summed E-state index contributed by atoms with van der Waals surface area (Å²) in [5.41, 5.74) is 0.904. The molecule has 1 aromatic rings. The average molecular weight is 265 g/mol. The van der Waals surface area contributed by atoms with E-state index in [0.29, 0.717) is 31.1 Å². The van der Waals surface area contributed by atoms with E-state index in [0.717, 1.165) is 5.56 Å². The molecule has 5 heteroatoms. The Bertz CT molecular complexity index is 461. The first-order valence-corrected chi connectivity index (χ1v) is 6.47. The average Bonchev–Trinajstić information content (AvgIpc) is 2.43. The van der Waals surface area contributed by atoms with Crippen LogP contribution in [0.3, 0.4) is 0 Å². The molecular weight excluding hydrogens is 246 g/mol. The van der Waals surface area contributed by atoms with Crippen molar-refractivity contribution >= 4 is 5.97 Å². The van der Waals surface area contributed by atoms with E-state index in [1.165, 1.54) is 0 Å². The van der Waals surface area contributed by atoms with Gasteiger partial charge in [-0.25, -0.2) is 0 Å². The third-order valence-electron chi connectivity index (χ3n) is 3.40. The van der Waals surface area contributed by atoms with E-state index in [4.69, 9.17) is 9.47 Å². The molecule has 2 N–H and O–H groups in total. The lowest BCUT2D eigenvalue weighted by Gasteiger charge is -2.25. The number of hydrogen-bond acceptors (Lipinski definition) is 4. The van der Waals surface area contributed by atoms with E-state index in [-0.39, 0.29) is 6.04 Å². The molecule has 2 atom stereocenters. The number of aliphatic carboxylic acids is 1. The summed E-state index contributed by atoms with van der Waals surface area (Å²) in [5.74, 6) is 0.141. The molecule has 5 nitrogen and oxygen atoms in total. The Morgan fingerprint density at radius 2 is 2.05 bits per heavy atom. The molecule has 0 radical (unpaired) electrons. The molecule has 1 aromatic carbocycles. The minimum atomic E-state index is -0.795. The molecule has 0 saturated carbocycles.